The Balaban J connectivity index is 1.85. The topological polar surface area (TPSA) is 46.3 Å². The number of para-hydroxylation sites is 1. The minimum Gasteiger partial charge on any atom is -0.340 e. The molecule has 0 amide bonds. The van der Waals surface area contributed by atoms with Gasteiger partial charge >= 0.3 is 0 Å². The van der Waals surface area contributed by atoms with Crippen LogP contribution in [0.15, 0.2) is 48.5 Å². The Bertz CT molecular complexity index is 1100. The van der Waals surface area contributed by atoms with E-state index in [0.29, 0.717) is 0 Å². The van der Waals surface area contributed by atoms with Crippen LogP contribution in [-0.2, 0) is 0 Å². The normalized spacial score (nSPS) is 15.0. The Hall–Kier alpha value is -2.60. The lowest BCUT2D eigenvalue weighted by atomic mass is 10.1. The molecule has 1 fully saturated rings. The van der Waals surface area contributed by atoms with E-state index >= 15 is 0 Å². The molecule has 5 nitrogen and oxygen atoms in total. The van der Waals surface area contributed by atoms with Gasteiger partial charge in [0.05, 0.1) is 5.52 Å². The highest BCUT2D eigenvalue weighted by Gasteiger charge is 2.22. The van der Waals surface area contributed by atoms with Gasteiger partial charge in [-0.05, 0) is 24.6 Å². The number of nitrogens with zero attached hydrogens (tertiary/aromatic N) is 5. The van der Waals surface area contributed by atoms with Crippen LogP contribution in [0.2, 0.25) is 0 Å². The van der Waals surface area contributed by atoms with Gasteiger partial charge < -0.3 is 4.90 Å². The lowest BCUT2D eigenvalue weighted by Gasteiger charge is -2.28. The van der Waals surface area contributed by atoms with Gasteiger partial charge in [-0.25, -0.2) is 9.38 Å². The van der Waals surface area contributed by atoms with Gasteiger partial charge in [0.15, 0.2) is 11.5 Å². The first-order chi connectivity index (χ1) is 12.8. The van der Waals surface area contributed by atoms with E-state index < -0.39 is 0 Å². The smallest absolute Gasteiger partial charge is 0.213 e. The van der Waals surface area contributed by atoms with Crippen molar-refractivity contribution in [2.45, 2.75) is 6.92 Å². The molecule has 3 heterocycles. The van der Waals surface area contributed by atoms with Gasteiger partial charge in [-0.2, -0.15) is 11.8 Å². The predicted molar refractivity (Wildman–Crippen MR) is 108 cm³/mol. The molecule has 2 aromatic carbocycles. The number of benzene rings is 2. The maximum atomic E-state index is 5.01. The number of fused-ring (bicyclic) bond motifs is 3. The van der Waals surface area contributed by atoms with Gasteiger partial charge in [-0.1, -0.05) is 36.4 Å². The molecule has 0 bridgehead atoms. The number of anilines is 1. The first kappa shape index (κ1) is 15.6. The molecule has 130 valence electrons. The summed E-state index contributed by atoms with van der Waals surface area (Å²) in [5.41, 5.74) is 4.14. The first-order valence-corrected chi connectivity index (χ1v) is 10.0. The first-order valence-electron chi connectivity index (χ1n) is 8.85. The lowest BCUT2D eigenvalue weighted by molar-refractivity contribution is 0.808. The molecular weight excluding hydrogens is 342 g/mol. The molecule has 0 aliphatic carbocycles. The zero-order chi connectivity index (χ0) is 17.5. The highest BCUT2D eigenvalue weighted by atomic mass is 32.2. The summed E-state index contributed by atoms with van der Waals surface area (Å²) in [5, 5.41) is 10.2. The molecule has 1 aliphatic rings. The van der Waals surface area contributed by atoms with Crippen LogP contribution in [0.4, 0.5) is 5.95 Å². The van der Waals surface area contributed by atoms with E-state index in [2.05, 4.69) is 62.8 Å². The maximum Gasteiger partial charge on any atom is 0.213 e. The Morgan fingerprint density at radius 3 is 2.54 bits per heavy atom. The molecule has 0 N–H and O–H groups in total. The second-order valence-corrected chi connectivity index (χ2v) is 7.75. The second-order valence-electron chi connectivity index (χ2n) is 6.53. The molecule has 1 saturated heterocycles. The van der Waals surface area contributed by atoms with Gasteiger partial charge in [0.2, 0.25) is 5.95 Å². The summed E-state index contributed by atoms with van der Waals surface area (Å²) in [5.74, 6) is 4.06. The standard InChI is InChI=1S/C20H19N5S/c1-14-6-2-3-7-15(14)18-22-23-19-16-8-4-5-9-17(16)21-20(25(18)19)24-10-12-26-13-11-24/h2-9H,10-13H2,1H3. The fourth-order valence-corrected chi connectivity index (χ4v) is 4.44. The van der Waals surface area contributed by atoms with Gasteiger partial charge in [0.25, 0.3) is 0 Å². The molecule has 2 aromatic heterocycles. The summed E-state index contributed by atoms with van der Waals surface area (Å²) in [6.07, 6.45) is 0. The molecule has 26 heavy (non-hydrogen) atoms. The van der Waals surface area contributed by atoms with Crippen LogP contribution in [0.3, 0.4) is 0 Å². The number of aromatic nitrogens is 4. The number of aryl methyl sites for hydroxylation is 1. The number of thioether (sulfide) groups is 1. The van der Waals surface area contributed by atoms with Gasteiger partial charge in [-0.15, -0.1) is 10.2 Å². The van der Waals surface area contributed by atoms with E-state index in [1.165, 1.54) is 5.56 Å². The highest BCUT2D eigenvalue weighted by molar-refractivity contribution is 7.99. The van der Waals surface area contributed by atoms with Gasteiger partial charge in [0, 0.05) is 35.5 Å². The Morgan fingerprint density at radius 1 is 0.923 bits per heavy atom. The summed E-state index contributed by atoms with van der Waals surface area (Å²) in [6.45, 7) is 4.11. The number of hydrogen-bond acceptors (Lipinski definition) is 5. The van der Waals surface area contributed by atoms with E-state index in [9.17, 15) is 0 Å². The number of rotatable bonds is 2. The fourth-order valence-electron chi connectivity index (χ4n) is 3.54. The van der Waals surface area contributed by atoms with Crippen LogP contribution < -0.4 is 4.90 Å². The fraction of sp³-hybridized carbons (Fsp3) is 0.250. The Labute approximate surface area is 156 Å². The zero-order valence-corrected chi connectivity index (χ0v) is 15.4. The molecule has 1 aliphatic heterocycles. The van der Waals surface area contributed by atoms with Crippen molar-refractivity contribution in [3.05, 3.63) is 54.1 Å². The number of hydrogen-bond donors (Lipinski definition) is 0. The van der Waals surface area contributed by atoms with Crippen LogP contribution in [0.1, 0.15) is 5.56 Å². The van der Waals surface area contributed by atoms with Crippen LogP contribution in [0, 0.1) is 6.92 Å². The van der Waals surface area contributed by atoms with Crippen LogP contribution in [0.5, 0.6) is 0 Å². The third-order valence-electron chi connectivity index (χ3n) is 4.91. The van der Waals surface area contributed by atoms with Crippen molar-refractivity contribution < 1.29 is 0 Å². The Kier molecular flexibility index (Phi) is 3.78. The molecule has 0 atom stereocenters. The van der Waals surface area contributed by atoms with E-state index in [-0.39, 0.29) is 0 Å². The summed E-state index contributed by atoms with van der Waals surface area (Å²) in [6, 6.07) is 16.5. The molecule has 4 aromatic rings. The second kappa shape index (κ2) is 6.29. The quantitative estimate of drug-likeness (QED) is 0.543. The van der Waals surface area contributed by atoms with Crippen molar-refractivity contribution >= 4 is 34.3 Å². The largest absolute Gasteiger partial charge is 0.340 e. The van der Waals surface area contributed by atoms with Crippen molar-refractivity contribution in [1.29, 1.82) is 0 Å². The summed E-state index contributed by atoms with van der Waals surface area (Å²) in [7, 11) is 0. The Morgan fingerprint density at radius 2 is 1.69 bits per heavy atom. The minimum atomic E-state index is 0.865. The van der Waals surface area contributed by atoms with Gasteiger partial charge in [-0.3, -0.25) is 0 Å². The van der Waals surface area contributed by atoms with Crippen molar-refractivity contribution in [3.63, 3.8) is 0 Å². The molecule has 0 spiro atoms. The summed E-state index contributed by atoms with van der Waals surface area (Å²) < 4.78 is 2.14. The van der Waals surface area contributed by atoms with E-state index in [0.717, 1.165) is 58.5 Å². The molecule has 6 heteroatoms. The molecular formula is C20H19N5S. The maximum absolute atomic E-state index is 5.01. The average Bonchev–Trinajstić information content (AvgIpc) is 3.14. The predicted octanol–water partition coefficient (Wildman–Crippen LogP) is 3.81. The third-order valence-corrected chi connectivity index (χ3v) is 5.85. The van der Waals surface area contributed by atoms with Crippen molar-refractivity contribution in [2.24, 2.45) is 0 Å². The van der Waals surface area contributed by atoms with Crippen LogP contribution >= 0.6 is 11.8 Å². The highest BCUT2D eigenvalue weighted by Crippen LogP contribution is 2.30. The average molecular weight is 361 g/mol. The SMILES string of the molecule is Cc1ccccc1-c1nnc2c3ccccc3nc(N3CCSCC3)n12. The zero-order valence-electron chi connectivity index (χ0n) is 14.6. The molecule has 5 rings (SSSR count). The van der Waals surface area contributed by atoms with Crippen molar-refractivity contribution in [2.75, 3.05) is 29.5 Å². The minimum absolute atomic E-state index is 0.865. The summed E-state index contributed by atoms with van der Waals surface area (Å²) >= 11 is 2.00. The molecule has 0 radical (unpaired) electrons. The van der Waals surface area contributed by atoms with Crippen molar-refractivity contribution in [1.82, 2.24) is 19.6 Å². The monoisotopic (exact) mass is 361 g/mol. The molecule has 0 unspecified atom stereocenters. The lowest BCUT2D eigenvalue weighted by Crippen LogP contribution is -2.34. The van der Waals surface area contributed by atoms with Crippen molar-refractivity contribution in [3.8, 4) is 11.4 Å². The van der Waals surface area contributed by atoms with E-state index in [4.69, 9.17) is 4.98 Å². The van der Waals surface area contributed by atoms with E-state index in [1.54, 1.807) is 0 Å². The van der Waals surface area contributed by atoms with Crippen LogP contribution in [-0.4, -0.2) is 44.2 Å². The summed E-state index contributed by atoms with van der Waals surface area (Å²) in [4.78, 5) is 7.38. The van der Waals surface area contributed by atoms with Crippen LogP contribution in [0.25, 0.3) is 27.9 Å². The third kappa shape index (κ3) is 2.44. The molecule has 0 saturated carbocycles. The van der Waals surface area contributed by atoms with E-state index in [1.807, 2.05) is 23.9 Å². The van der Waals surface area contributed by atoms with Gasteiger partial charge in [0.1, 0.15) is 0 Å².